The summed E-state index contributed by atoms with van der Waals surface area (Å²) < 4.78 is 2.13. The number of aromatic nitrogens is 1. The summed E-state index contributed by atoms with van der Waals surface area (Å²) in [4.78, 5) is 27.9. The van der Waals surface area contributed by atoms with Gasteiger partial charge >= 0.3 is 0 Å². The first-order chi connectivity index (χ1) is 16.3. The molecule has 34 heavy (non-hydrogen) atoms. The second-order valence-corrected chi connectivity index (χ2v) is 9.27. The number of nitrogens with zero attached hydrogens (tertiary/aromatic N) is 2. The number of benzene rings is 2. The summed E-state index contributed by atoms with van der Waals surface area (Å²) in [7, 11) is 2.02. The molecule has 2 heterocycles. The summed E-state index contributed by atoms with van der Waals surface area (Å²) in [5, 5.41) is 8.80. The highest BCUT2D eigenvalue weighted by Crippen LogP contribution is 2.29. The molecule has 1 aliphatic heterocycles. The molecular formula is C27H33N5O2. The van der Waals surface area contributed by atoms with Gasteiger partial charge in [0.05, 0.1) is 0 Å². The van der Waals surface area contributed by atoms with Crippen molar-refractivity contribution in [1.29, 1.82) is 5.41 Å². The zero-order valence-corrected chi connectivity index (χ0v) is 19.8. The van der Waals surface area contributed by atoms with Gasteiger partial charge in [0.25, 0.3) is 0 Å². The lowest BCUT2D eigenvalue weighted by molar-refractivity contribution is -0.142. The van der Waals surface area contributed by atoms with Crippen LogP contribution >= 0.6 is 0 Å². The fraction of sp³-hybridized carbons (Fsp3) is 0.370. The van der Waals surface area contributed by atoms with Crippen LogP contribution in [-0.2, 0) is 23.1 Å². The molecule has 3 atom stereocenters. The molecule has 1 aliphatic rings. The van der Waals surface area contributed by atoms with Crippen molar-refractivity contribution in [2.75, 3.05) is 6.54 Å². The van der Waals surface area contributed by atoms with Crippen molar-refractivity contribution in [2.24, 2.45) is 24.4 Å². The van der Waals surface area contributed by atoms with Crippen LogP contribution in [0.5, 0.6) is 0 Å². The van der Waals surface area contributed by atoms with Gasteiger partial charge in [0.1, 0.15) is 17.5 Å². The normalized spacial score (nSPS) is 17.6. The van der Waals surface area contributed by atoms with Crippen LogP contribution in [0.2, 0.25) is 0 Å². The first-order valence-corrected chi connectivity index (χ1v) is 11.8. The Labute approximate surface area is 200 Å². The molecule has 5 N–H and O–H groups in total. The van der Waals surface area contributed by atoms with Gasteiger partial charge in [-0.2, -0.15) is 0 Å². The molecule has 1 unspecified atom stereocenters. The number of Topliss-reactive ketones (excluding diaryl/α,β-unsaturated/α-hetero) is 1. The number of amides is 1. The summed E-state index contributed by atoms with van der Waals surface area (Å²) >= 11 is 0. The van der Waals surface area contributed by atoms with E-state index in [1.807, 2.05) is 60.5 Å². The van der Waals surface area contributed by atoms with E-state index in [4.69, 9.17) is 16.9 Å². The van der Waals surface area contributed by atoms with Gasteiger partial charge < -0.3 is 20.9 Å². The van der Waals surface area contributed by atoms with Gasteiger partial charge in [0, 0.05) is 42.5 Å². The zero-order chi connectivity index (χ0) is 24.4. The van der Waals surface area contributed by atoms with E-state index in [-0.39, 0.29) is 23.6 Å². The van der Waals surface area contributed by atoms with Gasteiger partial charge in [-0.3, -0.25) is 15.0 Å². The first kappa shape index (κ1) is 23.7. The maximum Gasteiger partial charge on any atom is 0.235 e. The predicted octanol–water partition coefficient (Wildman–Crippen LogP) is 3.29. The van der Waals surface area contributed by atoms with E-state index in [1.165, 1.54) is 12.6 Å². The number of hydrogen-bond donors (Lipinski definition) is 3. The minimum atomic E-state index is -0.870. The minimum absolute atomic E-state index is 0.0542. The summed E-state index contributed by atoms with van der Waals surface area (Å²) in [5.74, 6) is -1.17. The Bertz CT molecular complexity index is 1220. The molecule has 7 nitrogen and oxygen atoms in total. The summed E-state index contributed by atoms with van der Waals surface area (Å²) in [6, 6.07) is 16.8. The minimum Gasteiger partial charge on any atom is -0.384 e. The highest BCUT2D eigenvalue weighted by atomic mass is 16.2. The van der Waals surface area contributed by atoms with Crippen molar-refractivity contribution >= 4 is 28.4 Å². The molecule has 4 rings (SSSR count). The van der Waals surface area contributed by atoms with E-state index in [0.29, 0.717) is 12.1 Å². The van der Waals surface area contributed by atoms with E-state index in [0.717, 1.165) is 42.1 Å². The fourth-order valence-electron chi connectivity index (χ4n) is 5.16. The van der Waals surface area contributed by atoms with Crippen molar-refractivity contribution in [3.63, 3.8) is 0 Å². The molecule has 0 aliphatic carbocycles. The Morgan fingerprint density at radius 1 is 1.15 bits per heavy atom. The molecule has 2 aromatic carbocycles. The molecule has 178 valence electrons. The predicted molar refractivity (Wildman–Crippen MR) is 135 cm³/mol. The lowest BCUT2D eigenvalue weighted by Gasteiger charge is -2.30. The molecule has 1 saturated heterocycles. The van der Waals surface area contributed by atoms with Crippen LogP contribution in [0.1, 0.15) is 49.0 Å². The van der Waals surface area contributed by atoms with Crippen LogP contribution in [0.4, 0.5) is 0 Å². The number of fused-ring (bicyclic) bond motifs is 1. The highest BCUT2D eigenvalue weighted by molar-refractivity contribution is 6.01. The second kappa shape index (κ2) is 9.81. The van der Waals surface area contributed by atoms with Crippen molar-refractivity contribution in [1.82, 2.24) is 9.47 Å². The Morgan fingerprint density at radius 2 is 1.88 bits per heavy atom. The number of aryl methyl sites for hydroxylation is 2. The molecular weight excluding hydrogens is 426 g/mol. The number of hydrogen-bond acceptors (Lipinski definition) is 4. The van der Waals surface area contributed by atoms with Crippen LogP contribution in [-0.4, -0.2) is 39.6 Å². The van der Waals surface area contributed by atoms with Gasteiger partial charge in [-0.1, -0.05) is 42.5 Å². The van der Waals surface area contributed by atoms with Crippen LogP contribution in [0.25, 0.3) is 10.9 Å². The lowest BCUT2D eigenvalue weighted by Crippen LogP contribution is -2.45. The quantitative estimate of drug-likeness (QED) is 0.272. The van der Waals surface area contributed by atoms with Crippen molar-refractivity contribution < 1.29 is 9.59 Å². The van der Waals surface area contributed by atoms with Gasteiger partial charge in [-0.05, 0) is 55.7 Å². The third-order valence-corrected chi connectivity index (χ3v) is 7.10. The zero-order valence-electron chi connectivity index (χ0n) is 19.8. The molecule has 3 aromatic rings. The molecule has 0 spiro atoms. The Balaban J connectivity index is 1.50. The number of nitrogen functional groups attached to an aromatic ring is 1. The largest absolute Gasteiger partial charge is 0.384 e. The molecule has 0 saturated carbocycles. The Morgan fingerprint density at radius 3 is 2.56 bits per heavy atom. The molecule has 1 amide bonds. The number of rotatable bonds is 8. The Hall–Kier alpha value is -3.45. The van der Waals surface area contributed by atoms with E-state index in [2.05, 4.69) is 10.6 Å². The van der Waals surface area contributed by atoms with Crippen LogP contribution in [0.15, 0.2) is 54.6 Å². The van der Waals surface area contributed by atoms with E-state index < -0.39 is 12.0 Å². The van der Waals surface area contributed by atoms with Crippen molar-refractivity contribution in [3.8, 4) is 0 Å². The number of carbonyl (C=O) groups is 2. The third kappa shape index (κ3) is 4.61. The van der Waals surface area contributed by atoms with Gasteiger partial charge in [0.2, 0.25) is 5.91 Å². The van der Waals surface area contributed by atoms with Gasteiger partial charge in [0.15, 0.2) is 0 Å². The molecule has 0 radical (unpaired) electrons. The molecule has 0 bridgehead atoms. The molecule has 7 heteroatoms. The number of likely N-dealkylation sites (tertiary alicyclic amines) is 1. The number of amidine groups is 1. The third-order valence-electron chi connectivity index (χ3n) is 7.10. The first-order valence-electron chi connectivity index (χ1n) is 11.8. The van der Waals surface area contributed by atoms with Gasteiger partial charge in [-0.15, -0.1) is 0 Å². The smallest absolute Gasteiger partial charge is 0.235 e. The summed E-state index contributed by atoms with van der Waals surface area (Å²) in [6.07, 6.45) is 3.49. The number of nitrogens with two attached hydrogens (primary N) is 2. The standard InChI is InChI=1S/C27H33N5O2/c1-17(33)24(25(28)18-7-4-3-5-8-18)27(34)32-14-6-9-21(32)12-13-22-15-19-10-11-20(26(29)30)16-23(19)31(22)2/h3-5,7-8,10-11,15-16,21,24-25H,6,9,12-14,28H2,1-2H3,(H3,29,30)/t21-,24-,25?/m0/s1. The topological polar surface area (TPSA) is 118 Å². The van der Waals surface area contributed by atoms with Crippen LogP contribution in [0.3, 0.4) is 0 Å². The van der Waals surface area contributed by atoms with Gasteiger partial charge in [-0.25, -0.2) is 0 Å². The second-order valence-electron chi connectivity index (χ2n) is 9.27. The van der Waals surface area contributed by atoms with Crippen molar-refractivity contribution in [2.45, 2.75) is 44.7 Å². The average Bonchev–Trinajstić information content (AvgIpc) is 3.42. The van der Waals surface area contributed by atoms with Crippen LogP contribution < -0.4 is 11.5 Å². The van der Waals surface area contributed by atoms with E-state index >= 15 is 0 Å². The number of ketones is 1. The maximum absolute atomic E-state index is 13.5. The SMILES string of the molecule is CC(=O)[C@H](C(=O)N1CCC[C@H]1CCc1cc2ccc(C(=N)N)cc2n1C)C(N)c1ccccc1. The maximum atomic E-state index is 13.5. The lowest BCUT2D eigenvalue weighted by atomic mass is 9.89. The number of carbonyl (C=O) groups excluding carboxylic acids is 2. The highest BCUT2D eigenvalue weighted by Gasteiger charge is 2.38. The van der Waals surface area contributed by atoms with E-state index in [1.54, 1.807) is 0 Å². The van der Waals surface area contributed by atoms with Crippen LogP contribution in [0, 0.1) is 11.3 Å². The monoisotopic (exact) mass is 459 g/mol. The van der Waals surface area contributed by atoms with E-state index in [9.17, 15) is 9.59 Å². The number of nitrogens with one attached hydrogen (secondary N) is 1. The summed E-state index contributed by atoms with van der Waals surface area (Å²) in [5.41, 5.74) is 15.8. The average molecular weight is 460 g/mol. The summed E-state index contributed by atoms with van der Waals surface area (Å²) in [6.45, 7) is 2.12. The molecule has 1 fully saturated rings. The fourth-order valence-corrected chi connectivity index (χ4v) is 5.16. The Kier molecular flexibility index (Phi) is 6.84. The molecule has 1 aromatic heterocycles. The van der Waals surface area contributed by atoms with Crippen molar-refractivity contribution in [3.05, 3.63) is 71.4 Å².